The average Bonchev–Trinajstić information content (AvgIpc) is 2.57. The molecule has 0 unspecified atom stereocenters. The number of hydrogen-bond donors (Lipinski definition) is 1. The lowest BCUT2D eigenvalue weighted by molar-refractivity contribution is -0.137. The van der Waals surface area contributed by atoms with Gasteiger partial charge in [-0.05, 0) is 35.9 Å². The first-order chi connectivity index (χ1) is 11.6. The Morgan fingerprint density at radius 1 is 1.12 bits per heavy atom. The van der Waals surface area contributed by atoms with Crippen molar-refractivity contribution < 1.29 is 9.90 Å². The highest BCUT2D eigenvalue weighted by atomic mass is 35.5. The topological polar surface area (TPSA) is 72.2 Å². The molecule has 1 aromatic heterocycles. The molecular formula is C18H13ClN2O3. The van der Waals surface area contributed by atoms with Crippen LogP contribution in [-0.4, -0.2) is 20.6 Å². The SMILES string of the molecule is O=C(O)Cn1c(C=Cc2ccccc2Cl)nc2ccccc2c1=O. The Labute approximate surface area is 142 Å². The van der Waals surface area contributed by atoms with Crippen LogP contribution in [-0.2, 0) is 11.3 Å². The minimum Gasteiger partial charge on any atom is -0.480 e. The van der Waals surface area contributed by atoms with Gasteiger partial charge in [-0.3, -0.25) is 14.2 Å². The average molecular weight is 341 g/mol. The Morgan fingerprint density at radius 3 is 2.58 bits per heavy atom. The molecule has 0 aliphatic heterocycles. The van der Waals surface area contributed by atoms with Crippen LogP contribution in [0.3, 0.4) is 0 Å². The van der Waals surface area contributed by atoms with Crippen molar-refractivity contribution in [3.05, 3.63) is 75.3 Å². The number of aromatic nitrogens is 2. The molecule has 0 saturated carbocycles. The second-order valence-electron chi connectivity index (χ2n) is 5.13. The first kappa shape index (κ1) is 16.0. The predicted molar refractivity (Wildman–Crippen MR) is 94.0 cm³/mol. The zero-order chi connectivity index (χ0) is 17.1. The molecule has 3 rings (SSSR count). The molecule has 2 aromatic carbocycles. The van der Waals surface area contributed by atoms with Gasteiger partial charge in [-0.25, -0.2) is 4.98 Å². The maximum atomic E-state index is 12.6. The minimum atomic E-state index is -1.11. The van der Waals surface area contributed by atoms with Gasteiger partial charge in [0, 0.05) is 5.02 Å². The number of fused-ring (bicyclic) bond motifs is 1. The zero-order valence-corrected chi connectivity index (χ0v) is 13.3. The van der Waals surface area contributed by atoms with E-state index >= 15 is 0 Å². The normalized spacial score (nSPS) is 11.2. The van der Waals surface area contributed by atoms with E-state index in [2.05, 4.69) is 4.98 Å². The highest BCUT2D eigenvalue weighted by molar-refractivity contribution is 6.32. The highest BCUT2D eigenvalue weighted by Gasteiger charge is 2.11. The lowest BCUT2D eigenvalue weighted by atomic mass is 10.2. The van der Waals surface area contributed by atoms with Crippen LogP contribution in [0.4, 0.5) is 0 Å². The summed E-state index contributed by atoms with van der Waals surface area (Å²) in [6.07, 6.45) is 3.30. The minimum absolute atomic E-state index is 0.265. The molecule has 0 aliphatic rings. The van der Waals surface area contributed by atoms with Crippen LogP contribution in [0.1, 0.15) is 11.4 Å². The maximum absolute atomic E-state index is 12.6. The quantitative estimate of drug-likeness (QED) is 0.791. The molecule has 24 heavy (non-hydrogen) atoms. The third-order valence-corrected chi connectivity index (χ3v) is 3.85. The van der Waals surface area contributed by atoms with Gasteiger partial charge in [0.15, 0.2) is 0 Å². The number of halogens is 1. The van der Waals surface area contributed by atoms with E-state index in [0.29, 0.717) is 15.9 Å². The smallest absolute Gasteiger partial charge is 0.323 e. The van der Waals surface area contributed by atoms with Crippen molar-refractivity contribution in [1.82, 2.24) is 9.55 Å². The van der Waals surface area contributed by atoms with Gasteiger partial charge in [0.1, 0.15) is 12.4 Å². The van der Waals surface area contributed by atoms with Crippen molar-refractivity contribution in [3.8, 4) is 0 Å². The van der Waals surface area contributed by atoms with Crippen molar-refractivity contribution in [2.75, 3.05) is 0 Å². The fourth-order valence-electron chi connectivity index (χ4n) is 2.38. The third kappa shape index (κ3) is 3.21. The number of benzene rings is 2. The molecule has 120 valence electrons. The standard InChI is InChI=1S/C18H13ClN2O3/c19-14-7-3-1-5-12(14)9-10-16-20-15-8-4-2-6-13(15)18(24)21(16)11-17(22)23/h1-10H,11H2,(H,22,23). The van der Waals surface area contributed by atoms with Crippen molar-refractivity contribution >= 4 is 40.6 Å². The van der Waals surface area contributed by atoms with Crippen LogP contribution in [0.2, 0.25) is 5.02 Å². The van der Waals surface area contributed by atoms with Crippen LogP contribution >= 0.6 is 11.6 Å². The maximum Gasteiger partial charge on any atom is 0.323 e. The molecule has 0 fully saturated rings. The largest absolute Gasteiger partial charge is 0.480 e. The monoisotopic (exact) mass is 340 g/mol. The Morgan fingerprint density at radius 2 is 1.83 bits per heavy atom. The van der Waals surface area contributed by atoms with Crippen LogP contribution in [0, 0.1) is 0 Å². The second kappa shape index (κ2) is 6.68. The summed E-state index contributed by atoms with van der Waals surface area (Å²) in [5, 5.41) is 10.0. The van der Waals surface area contributed by atoms with Gasteiger partial charge in [-0.2, -0.15) is 0 Å². The number of carbonyl (C=O) groups is 1. The first-order valence-corrected chi connectivity index (χ1v) is 7.58. The molecule has 0 amide bonds. The molecule has 5 nitrogen and oxygen atoms in total. The summed E-state index contributed by atoms with van der Waals surface area (Å²) >= 11 is 6.11. The Balaban J connectivity index is 2.17. The molecule has 3 aromatic rings. The van der Waals surface area contributed by atoms with Gasteiger partial charge in [-0.1, -0.05) is 41.9 Å². The third-order valence-electron chi connectivity index (χ3n) is 3.50. The van der Waals surface area contributed by atoms with E-state index < -0.39 is 12.5 Å². The van der Waals surface area contributed by atoms with Crippen molar-refractivity contribution in [3.63, 3.8) is 0 Å². The number of aliphatic carboxylic acids is 1. The fourth-order valence-corrected chi connectivity index (χ4v) is 2.57. The molecule has 1 heterocycles. The summed E-state index contributed by atoms with van der Waals surface area (Å²) in [6, 6.07) is 14.1. The number of carboxylic acids is 1. The van der Waals surface area contributed by atoms with Crippen molar-refractivity contribution in [2.24, 2.45) is 0 Å². The Kier molecular flexibility index (Phi) is 4.44. The zero-order valence-electron chi connectivity index (χ0n) is 12.5. The van der Waals surface area contributed by atoms with Gasteiger partial charge >= 0.3 is 5.97 Å². The van der Waals surface area contributed by atoms with Crippen LogP contribution in [0.25, 0.3) is 23.1 Å². The van der Waals surface area contributed by atoms with E-state index in [-0.39, 0.29) is 11.4 Å². The number of nitrogens with zero attached hydrogens (tertiary/aromatic N) is 2. The van der Waals surface area contributed by atoms with Gasteiger partial charge in [0.05, 0.1) is 10.9 Å². The molecule has 0 atom stereocenters. The molecule has 0 spiro atoms. The van der Waals surface area contributed by atoms with Gasteiger partial charge < -0.3 is 5.11 Å². The van der Waals surface area contributed by atoms with Crippen LogP contribution < -0.4 is 5.56 Å². The number of hydrogen-bond acceptors (Lipinski definition) is 3. The van der Waals surface area contributed by atoms with Crippen LogP contribution in [0.15, 0.2) is 53.3 Å². The summed E-state index contributed by atoms with van der Waals surface area (Å²) in [5.41, 5.74) is 0.883. The molecule has 0 saturated heterocycles. The van der Waals surface area contributed by atoms with E-state index in [9.17, 15) is 9.59 Å². The van der Waals surface area contributed by atoms with E-state index in [1.807, 2.05) is 18.2 Å². The van der Waals surface area contributed by atoms with E-state index in [1.54, 1.807) is 42.5 Å². The summed E-state index contributed by atoms with van der Waals surface area (Å²) < 4.78 is 1.14. The first-order valence-electron chi connectivity index (χ1n) is 7.20. The predicted octanol–water partition coefficient (Wildman–Crippen LogP) is 3.30. The van der Waals surface area contributed by atoms with Gasteiger partial charge in [0.25, 0.3) is 5.56 Å². The van der Waals surface area contributed by atoms with E-state index in [4.69, 9.17) is 16.7 Å². The van der Waals surface area contributed by atoms with Crippen molar-refractivity contribution in [2.45, 2.75) is 6.54 Å². The van der Waals surface area contributed by atoms with Gasteiger partial charge in [0.2, 0.25) is 0 Å². The fraction of sp³-hybridized carbons (Fsp3) is 0.0556. The van der Waals surface area contributed by atoms with E-state index in [1.165, 1.54) is 0 Å². The van der Waals surface area contributed by atoms with Gasteiger partial charge in [-0.15, -0.1) is 0 Å². The highest BCUT2D eigenvalue weighted by Crippen LogP contribution is 2.18. The summed E-state index contributed by atoms with van der Waals surface area (Å²) in [5.74, 6) is -0.845. The summed E-state index contributed by atoms with van der Waals surface area (Å²) in [4.78, 5) is 28.1. The number of carboxylic acid groups (broad SMARTS) is 1. The Hall–Kier alpha value is -2.92. The Bertz CT molecular complexity index is 1010. The lowest BCUT2D eigenvalue weighted by Gasteiger charge is -2.09. The molecule has 0 bridgehead atoms. The van der Waals surface area contributed by atoms with Crippen molar-refractivity contribution in [1.29, 1.82) is 0 Å². The van der Waals surface area contributed by atoms with E-state index in [0.717, 1.165) is 10.1 Å². The molecule has 1 N–H and O–H groups in total. The molecule has 0 radical (unpaired) electrons. The van der Waals surface area contributed by atoms with Crippen LogP contribution in [0.5, 0.6) is 0 Å². The molecule has 6 heteroatoms. The summed E-state index contributed by atoms with van der Waals surface area (Å²) in [7, 11) is 0. The summed E-state index contributed by atoms with van der Waals surface area (Å²) in [6.45, 7) is -0.459. The molecule has 0 aliphatic carbocycles. The molecular weight excluding hydrogens is 328 g/mol. The second-order valence-corrected chi connectivity index (χ2v) is 5.53. The number of para-hydroxylation sites is 1. The lowest BCUT2D eigenvalue weighted by Crippen LogP contribution is -2.27. The number of rotatable bonds is 4.